The lowest BCUT2D eigenvalue weighted by atomic mass is 9.93. The van der Waals surface area contributed by atoms with Crippen molar-refractivity contribution < 1.29 is 19.8 Å². The molecule has 7 heteroatoms. The average molecular weight is 462 g/mol. The molecule has 2 saturated carbocycles. The van der Waals surface area contributed by atoms with Crippen molar-refractivity contribution in [2.24, 2.45) is 5.92 Å². The number of aliphatic hydroxyl groups excluding tert-OH is 1. The van der Waals surface area contributed by atoms with Gasteiger partial charge in [-0.1, -0.05) is 12.1 Å². The zero-order valence-electron chi connectivity index (χ0n) is 19.3. The minimum atomic E-state index is -0.187. The first-order chi connectivity index (χ1) is 16.6. The summed E-state index contributed by atoms with van der Waals surface area (Å²) < 4.78 is 7.30. The van der Waals surface area contributed by atoms with Crippen molar-refractivity contribution in [1.29, 1.82) is 5.41 Å². The standard InChI is InChI=1S/C27H33N4O3/c28-24-14-27(34-17-18-5-6-18)25(13-20(24)15-29-21-8-11-23(32)12-9-21)30-16-22-10-7-19-3-1-2-4-26(19)31(22)33/h1-4,7,10,13-15,18,21,23,28-30,32-33H,5-6,8-9,11-12,16-17H2/q+1/b20-15-,28-24?/t21-,23-. The Hall–Kier alpha value is -3.32. The first-order valence-corrected chi connectivity index (χ1v) is 12.2. The molecule has 0 radical (unpaired) electrons. The number of allylic oxidation sites excluding steroid dienone is 3. The average Bonchev–Trinajstić information content (AvgIpc) is 3.68. The quantitative estimate of drug-likeness (QED) is 0.306. The van der Waals surface area contributed by atoms with Crippen LogP contribution in [0.1, 0.15) is 44.2 Å². The van der Waals surface area contributed by atoms with Crippen molar-refractivity contribution in [3.63, 3.8) is 0 Å². The van der Waals surface area contributed by atoms with E-state index >= 15 is 0 Å². The van der Waals surface area contributed by atoms with Crippen molar-refractivity contribution in [1.82, 2.24) is 10.6 Å². The fourth-order valence-electron chi connectivity index (χ4n) is 4.47. The molecule has 0 unspecified atom stereocenters. The smallest absolute Gasteiger partial charge is 0.264 e. The minimum Gasteiger partial charge on any atom is -0.491 e. The van der Waals surface area contributed by atoms with Crippen molar-refractivity contribution in [3.05, 3.63) is 77.5 Å². The summed E-state index contributed by atoms with van der Waals surface area (Å²) >= 11 is 0. The van der Waals surface area contributed by atoms with Gasteiger partial charge in [0, 0.05) is 40.8 Å². The van der Waals surface area contributed by atoms with E-state index in [1.54, 1.807) is 6.08 Å². The van der Waals surface area contributed by atoms with E-state index in [9.17, 15) is 10.3 Å². The third-order valence-electron chi connectivity index (χ3n) is 6.85. The number of fused-ring (bicyclic) bond motifs is 1. The van der Waals surface area contributed by atoms with Crippen LogP contribution in [0.5, 0.6) is 0 Å². The number of nitrogens with zero attached hydrogens (tertiary/aromatic N) is 1. The number of benzene rings is 1. The molecule has 1 aromatic heterocycles. The zero-order valence-corrected chi connectivity index (χ0v) is 19.3. The summed E-state index contributed by atoms with van der Waals surface area (Å²) in [4.78, 5) is 0. The summed E-state index contributed by atoms with van der Waals surface area (Å²) in [6.07, 6.45) is 11.3. The molecule has 0 atom stereocenters. The van der Waals surface area contributed by atoms with Gasteiger partial charge in [0.15, 0.2) is 0 Å². The van der Waals surface area contributed by atoms with Crippen LogP contribution >= 0.6 is 0 Å². The van der Waals surface area contributed by atoms with Crippen LogP contribution in [0.2, 0.25) is 0 Å². The molecule has 2 aromatic rings. The van der Waals surface area contributed by atoms with Crippen molar-refractivity contribution >= 4 is 16.6 Å². The summed E-state index contributed by atoms with van der Waals surface area (Å²) in [5.74, 6) is 1.27. The summed E-state index contributed by atoms with van der Waals surface area (Å²) in [7, 11) is 0. The molecule has 0 saturated heterocycles. The van der Waals surface area contributed by atoms with Gasteiger partial charge in [-0.2, -0.15) is 0 Å². The Morgan fingerprint density at radius 1 is 1.03 bits per heavy atom. The fourth-order valence-corrected chi connectivity index (χ4v) is 4.47. The van der Waals surface area contributed by atoms with Gasteiger partial charge in [0.1, 0.15) is 12.3 Å². The normalized spacial score (nSPS) is 24.0. The molecule has 0 amide bonds. The molecule has 3 aliphatic rings. The molecular weight excluding hydrogens is 428 g/mol. The van der Waals surface area contributed by atoms with E-state index in [0.717, 1.165) is 53.6 Å². The highest BCUT2D eigenvalue weighted by atomic mass is 16.5. The van der Waals surface area contributed by atoms with Gasteiger partial charge < -0.3 is 25.9 Å². The van der Waals surface area contributed by atoms with Crippen LogP contribution in [-0.2, 0) is 11.3 Å². The highest BCUT2D eigenvalue weighted by Crippen LogP contribution is 2.31. The molecule has 178 valence electrons. The Labute approximate surface area is 199 Å². The van der Waals surface area contributed by atoms with Crippen LogP contribution in [0.4, 0.5) is 0 Å². The largest absolute Gasteiger partial charge is 0.491 e. The topological polar surface area (TPSA) is 101 Å². The highest BCUT2D eigenvalue weighted by molar-refractivity contribution is 6.10. The van der Waals surface area contributed by atoms with Gasteiger partial charge in [-0.15, -0.1) is 0 Å². The predicted molar refractivity (Wildman–Crippen MR) is 130 cm³/mol. The molecule has 1 heterocycles. The van der Waals surface area contributed by atoms with E-state index < -0.39 is 0 Å². The van der Waals surface area contributed by atoms with Crippen LogP contribution in [-0.4, -0.2) is 34.8 Å². The van der Waals surface area contributed by atoms with Gasteiger partial charge in [0.25, 0.3) is 11.2 Å². The van der Waals surface area contributed by atoms with Crippen molar-refractivity contribution in [2.75, 3.05) is 6.61 Å². The molecule has 3 aliphatic carbocycles. The van der Waals surface area contributed by atoms with Crippen LogP contribution in [0, 0.1) is 11.3 Å². The molecule has 34 heavy (non-hydrogen) atoms. The Morgan fingerprint density at radius 3 is 2.62 bits per heavy atom. The number of hydrogen-bond donors (Lipinski definition) is 5. The second-order valence-corrected chi connectivity index (χ2v) is 9.56. The second kappa shape index (κ2) is 9.89. The number of aliphatic hydroxyl groups is 1. The van der Waals surface area contributed by atoms with Crippen molar-refractivity contribution in [2.45, 2.75) is 57.2 Å². The van der Waals surface area contributed by atoms with E-state index in [1.807, 2.05) is 48.7 Å². The summed E-state index contributed by atoms with van der Waals surface area (Å²) in [6.45, 7) is 1.07. The molecule has 0 aliphatic heterocycles. The third-order valence-corrected chi connectivity index (χ3v) is 6.85. The number of ether oxygens (including phenoxy) is 1. The maximum atomic E-state index is 10.7. The number of aromatic nitrogens is 1. The zero-order chi connectivity index (χ0) is 23.5. The predicted octanol–water partition coefficient (Wildman–Crippen LogP) is 3.46. The van der Waals surface area contributed by atoms with Crippen LogP contribution in [0.3, 0.4) is 0 Å². The molecule has 7 nitrogen and oxygen atoms in total. The lowest BCUT2D eigenvalue weighted by Gasteiger charge is -2.26. The Balaban J connectivity index is 1.33. The van der Waals surface area contributed by atoms with Gasteiger partial charge in [0.2, 0.25) is 0 Å². The monoisotopic (exact) mass is 461 g/mol. The number of nitrogens with one attached hydrogen (secondary N) is 3. The molecule has 0 bridgehead atoms. The SMILES string of the molecule is N=C1C=C(OCC2CC2)C(NCc2ccc3ccccc3[n+]2O)=C/C1=C/N[C@H]1CC[C@H](O)CC1. The van der Waals surface area contributed by atoms with E-state index in [4.69, 9.17) is 10.1 Å². The first-order valence-electron chi connectivity index (χ1n) is 12.2. The van der Waals surface area contributed by atoms with Crippen LogP contribution < -0.4 is 15.4 Å². The van der Waals surface area contributed by atoms with E-state index in [0.29, 0.717) is 36.6 Å². The van der Waals surface area contributed by atoms with E-state index in [2.05, 4.69) is 10.6 Å². The fraction of sp³-hybridized carbons (Fsp3) is 0.407. The lowest BCUT2D eigenvalue weighted by molar-refractivity contribution is -0.889. The molecule has 1 aromatic carbocycles. The Morgan fingerprint density at radius 2 is 1.82 bits per heavy atom. The number of para-hydroxylation sites is 1. The molecule has 5 rings (SSSR count). The van der Waals surface area contributed by atoms with Gasteiger partial charge in [-0.3, -0.25) is 5.21 Å². The third kappa shape index (κ3) is 5.25. The summed E-state index contributed by atoms with van der Waals surface area (Å²) in [6, 6.07) is 11.9. The number of pyridine rings is 1. The summed E-state index contributed by atoms with van der Waals surface area (Å²) in [5, 5.41) is 36.8. The molecule has 2 fully saturated rings. The van der Waals surface area contributed by atoms with E-state index in [1.165, 1.54) is 17.6 Å². The van der Waals surface area contributed by atoms with Gasteiger partial charge in [0.05, 0.1) is 29.5 Å². The molecule has 0 spiro atoms. The van der Waals surface area contributed by atoms with Gasteiger partial charge in [-0.25, -0.2) is 0 Å². The lowest BCUT2D eigenvalue weighted by Crippen LogP contribution is -2.38. The van der Waals surface area contributed by atoms with Crippen LogP contribution in [0.25, 0.3) is 10.9 Å². The Kier molecular flexibility index (Phi) is 6.54. The molecule has 5 N–H and O–H groups in total. The Bertz CT molecular complexity index is 1160. The number of hydrogen-bond acceptors (Lipinski definition) is 6. The van der Waals surface area contributed by atoms with Gasteiger partial charge >= 0.3 is 0 Å². The van der Waals surface area contributed by atoms with Gasteiger partial charge in [-0.05, 0) is 62.7 Å². The second-order valence-electron chi connectivity index (χ2n) is 9.56. The minimum absolute atomic E-state index is 0.187. The first kappa shape index (κ1) is 22.5. The maximum absolute atomic E-state index is 10.7. The molecular formula is C27H33N4O3+. The summed E-state index contributed by atoms with van der Waals surface area (Å²) in [5.41, 5.74) is 3.47. The highest BCUT2D eigenvalue weighted by Gasteiger charge is 2.25. The maximum Gasteiger partial charge on any atom is 0.264 e. The van der Waals surface area contributed by atoms with Crippen molar-refractivity contribution in [3.8, 4) is 0 Å². The van der Waals surface area contributed by atoms with Crippen LogP contribution in [0.15, 0.2) is 71.8 Å². The van der Waals surface area contributed by atoms with E-state index in [-0.39, 0.29) is 6.10 Å². The number of rotatable bonds is 8.